The molecule has 6 heteroatoms. The maximum Gasteiger partial charge on any atom is 0.245 e. The van der Waals surface area contributed by atoms with Crippen molar-refractivity contribution >= 4 is 34.8 Å². The van der Waals surface area contributed by atoms with Crippen LogP contribution in [0.2, 0.25) is 4.34 Å². The van der Waals surface area contributed by atoms with Gasteiger partial charge in [0.2, 0.25) is 11.8 Å². The first-order valence-electron chi connectivity index (χ1n) is 6.78. The molecule has 1 fully saturated rings. The van der Waals surface area contributed by atoms with Crippen molar-refractivity contribution in [2.45, 2.75) is 39.3 Å². The van der Waals surface area contributed by atoms with E-state index in [-0.39, 0.29) is 11.8 Å². The first-order chi connectivity index (χ1) is 9.45. The number of thiophene rings is 1. The molecular weight excluding hydrogens is 296 g/mol. The van der Waals surface area contributed by atoms with Crippen molar-refractivity contribution < 1.29 is 9.59 Å². The molecule has 1 aliphatic heterocycles. The predicted octanol–water partition coefficient (Wildman–Crippen LogP) is 2.66. The Morgan fingerprint density at radius 3 is 2.80 bits per heavy atom. The number of nitrogens with one attached hydrogen (secondary N) is 1. The molecule has 0 spiro atoms. The zero-order valence-corrected chi connectivity index (χ0v) is 13.3. The highest BCUT2D eigenvalue weighted by atomic mass is 35.5. The Balaban J connectivity index is 2.10. The molecule has 1 aromatic rings. The summed E-state index contributed by atoms with van der Waals surface area (Å²) in [5.41, 5.74) is 0. The van der Waals surface area contributed by atoms with Gasteiger partial charge in [0.25, 0.3) is 0 Å². The van der Waals surface area contributed by atoms with Gasteiger partial charge in [-0.3, -0.25) is 9.59 Å². The van der Waals surface area contributed by atoms with Gasteiger partial charge in [-0.25, -0.2) is 0 Å². The van der Waals surface area contributed by atoms with Gasteiger partial charge in [0.1, 0.15) is 6.04 Å². The molecule has 1 aliphatic rings. The average Bonchev–Trinajstić information content (AvgIpc) is 2.72. The number of hydrogen-bond acceptors (Lipinski definition) is 3. The van der Waals surface area contributed by atoms with Gasteiger partial charge in [0, 0.05) is 17.8 Å². The van der Waals surface area contributed by atoms with Crippen LogP contribution < -0.4 is 5.32 Å². The fraction of sp³-hybridized carbons (Fsp3) is 0.571. The highest BCUT2D eigenvalue weighted by Crippen LogP contribution is 2.23. The summed E-state index contributed by atoms with van der Waals surface area (Å²) in [7, 11) is 0. The minimum Gasteiger partial charge on any atom is -0.344 e. The minimum absolute atomic E-state index is 0.00840. The quantitative estimate of drug-likeness (QED) is 0.929. The third kappa shape index (κ3) is 3.96. The molecule has 2 rings (SSSR count). The van der Waals surface area contributed by atoms with Gasteiger partial charge in [-0.1, -0.05) is 25.4 Å². The fourth-order valence-corrected chi connectivity index (χ4v) is 3.41. The third-order valence-electron chi connectivity index (χ3n) is 3.24. The monoisotopic (exact) mass is 314 g/mol. The summed E-state index contributed by atoms with van der Waals surface area (Å²) in [5, 5.41) is 2.83. The van der Waals surface area contributed by atoms with Crippen LogP contribution >= 0.6 is 22.9 Å². The van der Waals surface area contributed by atoms with Crippen LogP contribution in [0.4, 0.5) is 0 Å². The van der Waals surface area contributed by atoms with Gasteiger partial charge in [-0.2, -0.15) is 0 Å². The fourth-order valence-electron chi connectivity index (χ4n) is 2.31. The molecule has 1 aromatic heterocycles. The summed E-state index contributed by atoms with van der Waals surface area (Å²) < 4.78 is 0.718. The Labute approximate surface area is 128 Å². The number of carbonyl (C=O) groups is 2. The van der Waals surface area contributed by atoms with E-state index < -0.39 is 6.04 Å². The van der Waals surface area contributed by atoms with Crippen molar-refractivity contribution in [1.82, 2.24) is 10.2 Å². The molecule has 0 bridgehead atoms. The Kier molecular flexibility index (Phi) is 5.05. The van der Waals surface area contributed by atoms with E-state index in [2.05, 4.69) is 5.32 Å². The zero-order valence-electron chi connectivity index (χ0n) is 11.7. The molecule has 1 atom stereocenters. The van der Waals surface area contributed by atoms with Crippen LogP contribution in [-0.2, 0) is 16.1 Å². The third-order valence-corrected chi connectivity index (χ3v) is 4.45. The molecule has 0 aromatic carbocycles. The largest absolute Gasteiger partial charge is 0.344 e. The first kappa shape index (κ1) is 15.3. The highest BCUT2D eigenvalue weighted by molar-refractivity contribution is 7.16. The highest BCUT2D eigenvalue weighted by Gasteiger charge is 2.30. The number of nitrogens with zero attached hydrogens (tertiary/aromatic N) is 1. The molecule has 2 heterocycles. The summed E-state index contributed by atoms with van der Waals surface area (Å²) in [5.74, 6) is 0.324. The Morgan fingerprint density at radius 2 is 2.20 bits per heavy atom. The van der Waals surface area contributed by atoms with E-state index in [9.17, 15) is 9.59 Å². The molecule has 0 radical (unpaired) electrons. The summed E-state index contributed by atoms with van der Waals surface area (Å²) in [4.78, 5) is 27.0. The van der Waals surface area contributed by atoms with Crippen molar-refractivity contribution in [3.63, 3.8) is 0 Å². The Bertz CT molecular complexity index is 501. The second-order valence-corrected chi connectivity index (χ2v) is 7.26. The molecular formula is C14H19ClN2O2S. The van der Waals surface area contributed by atoms with Crippen LogP contribution in [0.25, 0.3) is 0 Å². The van der Waals surface area contributed by atoms with Crippen molar-refractivity contribution in [1.29, 1.82) is 0 Å². The van der Waals surface area contributed by atoms with Crippen molar-refractivity contribution in [2.75, 3.05) is 6.54 Å². The molecule has 0 saturated carbocycles. The van der Waals surface area contributed by atoms with Crippen LogP contribution in [0.15, 0.2) is 12.1 Å². The Hall–Kier alpha value is -1.07. The van der Waals surface area contributed by atoms with Gasteiger partial charge >= 0.3 is 0 Å². The molecule has 1 saturated heterocycles. The standard InChI is InChI=1S/C14H19ClN2O2S/c1-9(2)7-11-14(19)17(6-5-13(18)16-11)8-10-3-4-12(15)20-10/h3-4,9,11H,5-8H2,1-2H3,(H,16,18). The summed E-state index contributed by atoms with van der Waals surface area (Å²) in [6.45, 7) is 5.09. The molecule has 2 amide bonds. The number of hydrogen-bond donors (Lipinski definition) is 1. The lowest BCUT2D eigenvalue weighted by Crippen LogP contribution is -2.45. The maximum atomic E-state index is 12.5. The average molecular weight is 315 g/mol. The molecule has 0 aliphatic carbocycles. The normalized spacial score (nSPS) is 20.2. The molecule has 4 nitrogen and oxygen atoms in total. The lowest BCUT2D eigenvalue weighted by molar-refractivity contribution is -0.134. The van der Waals surface area contributed by atoms with Gasteiger partial charge in [0.15, 0.2) is 0 Å². The van der Waals surface area contributed by atoms with Crippen LogP contribution in [0.5, 0.6) is 0 Å². The van der Waals surface area contributed by atoms with Crippen LogP contribution in [0.3, 0.4) is 0 Å². The summed E-state index contributed by atoms with van der Waals surface area (Å²) >= 11 is 7.39. The van der Waals surface area contributed by atoms with Gasteiger partial charge in [-0.05, 0) is 24.5 Å². The first-order valence-corrected chi connectivity index (χ1v) is 7.97. The van der Waals surface area contributed by atoms with Crippen molar-refractivity contribution in [3.8, 4) is 0 Å². The lowest BCUT2D eigenvalue weighted by Gasteiger charge is -2.24. The molecule has 1 unspecified atom stereocenters. The van der Waals surface area contributed by atoms with E-state index >= 15 is 0 Å². The van der Waals surface area contributed by atoms with Crippen LogP contribution in [-0.4, -0.2) is 29.3 Å². The van der Waals surface area contributed by atoms with E-state index in [1.165, 1.54) is 11.3 Å². The SMILES string of the molecule is CC(C)CC1NC(=O)CCN(Cc2ccc(Cl)s2)C1=O. The number of carbonyl (C=O) groups excluding carboxylic acids is 2. The van der Waals surface area contributed by atoms with Crippen LogP contribution in [0, 0.1) is 5.92 Å². The van der Waals surface area contributed by atoms with Gasteiger partial charge in [0.05, 0.1) is 10.9 Å². The van der Waals surface area contributed by atoms with Crippen molar-refractivity contribution in [3.05, 3.63) is 21.3 Å². The number of halogens is 1. The second kappa shape index (κ2) is 6.59. The van der Waals surface area contributed by atoms with Crippen LogP contribution in [0.1, 0.15) is 31.6 Å². The minimum atomic E-state index is -0.402. The number of rotatable bonds is 4. The smallest absolute Gasteiger partial charge is 0.245 e. The summed E-state index contributed by atoms with van der Waals surface area (Å²) in [6.07, 6.45) is 1.03. The van der Waals surface area contributed by atoms with Crippen molar-refractivity contribution in [2.24, 2.45) is 5.92 Å². The molecule has 1 N–H and O–H groups in total. The molecule has 20 heavy (non-hydrogen) atoms. The van der Waals surface area contributed by atoms with E-state index in [4.69, 9.17) is 11.6 Å². The zero-order chi connectivity index (χ0) is 14.7. The van der Waals surface area contributed by atoms with E-state index in [1.807, 2.05) is 26.0 Å². The maximum absolute atomic E-state index is 12.5. The molecule has 110 valence electrons. The van der Waals surface area contributed by atoms with E-state index in [1.54, 1.807) is 4.90 Å². The Morgan fingerprint density at radius 1 is 1.45 bits per heavy atom. The van der Waals surface area contributed by atoms with Gasteiger partial charge < -0.3 is 10.2 Å². The van der Waals surface area contributed by atoms with E-state index in [0.717, 1.165) is 9.21 Å². The lowest BCUT2D eigenvalue weighted by atomic mass is 10.0. The predicted molar refractivity (Wildman–Crippen MR) is 80.7 cm³/mol. The van der Waals surface area contributed by atoms with E-state index in [0.29, 0.717) is 31.8 Å². The van der Waals surface area contributed by atoms with Gasteiger partial charge in [-0.15, -0.1) is 11.3 Å². The summed E-state index contributed by atoms with van der Waals surface area (Å²) in [6, 6.07) is 3.36. The second-order valence-electron chi connectivity index (χ2n) is 5.47. The number of amides is 2. The topological polar surface area (TPSA) is 49.4 Å².